The predicted octanol–water partition coefficient (Wildman–Crippen LogP) is 3.11. The van der Waals surface area contributed by atoms with Crippen molar-refractivity contribution in [1.82, 2.24) is 5.32 Å². The third-order valence-corrected chi connectivity index (χ3v) is 3.41. The topological polar surface area (TPSA) is 21.3 Å². The molecule has 1 saturated heterocycles. The van der Waals surface area contributed by atoms with Crippen LogP contribution < -0.4 is 5.32 Å². The highest BCUT2D eigenvalue weighted by Crippen LogP contribution is 2.15. The van der Waals surface area contributed by atoms with E-state index in [2.05, 4.69) is 26.1 Å². The quantitative estimate of drug-likeness (QED) is 0.685. The van der Waals surface area contributed by atoms with E-state index in [1.165, 1.54) is 38.5 Å². The molecule has 0 aliphatic carbocycles. The molecule has 0 aromatic carbocycles. The van der Waals surface area contributed by atoms with Crippen molar-refractivity contribution in [2.24, 2.45) is 0 Å². The molecule has 0 radical (unpaired) electrons. The Morgan fingerprint density at radius 2 is 1.87 bits per heavy atom. The monoisotopic (exact) mass is 213 g/mol. The summed E-state index contributed by atoms with van der Waals surface area (Å²) >= 11 is 0. The van der Waals surface area contributed by atoms with E-state index >= 15 is 0 Å². The van der Waals surface area contributed by atoms with Gasteiger partial charge in [-0.25, -0.2) is 0 Å². The average molecular weight is 213 g/mol. The van der Waals surface area contributed by atoms with Gasteiger partial charge in [0.1, 0.15) is 0 Å². The van der Waals surface area contributed by atoms with Crippen LogP contribution in [-0.4, -0.2) is 24.8 Å². The zero-order chi connectivity index (χ0) is 11.1. The summed E-state index contributed by atoms with van der Waals surface area (Å²) in [7, 11) is 0. The van der Waals surface area contributed by atoms with Crippen molar-refractivity contribution in [2.45, 2.75) is 77.5 Å². The lowest BCUT2D eigenvalue weighted by atomic mass is 10.1. The second-order valence-corrected chi connectivity index (χ2v) is 4.86. The summed E-state index contributed by atoms with van der Waals surface area (Å²) in [6.45, 7) is 7.67. The van der Waals surface area contributed by atoms with E-state index in [-0.39, 0.29) is 0 Å². The maximum atomic E-state index is 5.94. The van der Waals surface area contributed by atoms with Gasteiger partial charge in [0.15, 0.2) is 0 Å². The molecule has 3 atom stereocenters. The van der Waals surface area contributed by atoms with Crippen LogP contribution in [0.5, 0.6) is 0 Å². The fourth-order valence-corrected chi connectivity index (χ4v) is 2.10. The Kier molecular flexibility index (Phi) is 6.26. The smallest absolute Gasteiger partial charge is 0.0704 e. The second-order valence-electron chi connectivity index (χ2n) is 4.86. The van der Waals surface area contributed by atoms with Gasteiger partial charge >= 0.3 is 0 Å². The van der Waals surface area contributed by atoms with E-state index in [1.54, 1.807) is 0 Å². The van der Waals surface area contributed by atoms with Crippen LogP contribution in [0.1, 0.15) is 59.3 Å². The van der Waals surface area contributed by atoms with Gasteiger partial charge in [0.25, 0.3) is 0 Å². The molecule has 0 bridgehead atoms. The Labute approximate surface area is 94.8 Å². The highest BCUT2D eigenvalue weighted by molar-refractivity contribution is 4.78. The standard InChI is InChI=1S/C13H27NO/c1-4-5-6-7-8-9-13-10-14-11(2)12(3)15-13/h11-14H,4-10H2,1-3H3. The van der Waals surface area contributed by atoms with Gasteiger partial charge in [-0.2, -0.15) is 0 Å². The summed E-state index contributed by atoms with van der Waals surface area (Å²) < 4.78 is 5.94. The normalized spacial score (nSPS) is 31.8. The van der Waals surface area contributed by atoms with Crippen LogP contribution in [0.25, 0.3) is 0 Å². The first kappa shape index (κ1) is 13.0. The molecule has 90 valence electrons. The number of hydrogen-bond acceptors (Lipinski definition) is 2. The Morgan fingerprint density at radius 1 is 1.13 bits per heavy atom. The molecule has 0 aromatic heterocycles. The molecule has 1 fully saturated rings. The Balaban J connectivity index is 2.02. The van der Waals surface area contributed by atoms with Gasteiger partial charge in [-0.15, -0.1) is 0 Å². The molecule has 2 nitrogen and oxygen atoms in total. The zero-order valence-corrected chi connectivity index (χ0v) is 10.6. The van der Waals surface area contributed by atoms with Crippen LogP contribution in [0, 0.1) is 0 Å². The second kappa shape index (κ2) is 7.24. The molecule has 3 unspecified atom stereocenters. The van der Waals surface area contributed by atoms with Gasteiger partial charge in [0.05, 0.1) is 12.2 Å². The molecule has 1 aliphatic heterocycles. The van der Waals surface area contributed by atoms with Crippen molar-refractivity contribution in [3.05, 3.63) is 0 Å². The van der Waals surface area contributed by atoms with Gasteiger partial charge in [0.2, 0.25) is 0 Å². The maximum Gasteiger partial charge on any atom is 0.0704 e. The number of nitrogens with one attached hydrogen (secondary N) is 1. The minimum absolute atomic E-state index is 0.374. The molecule has 1 heterocycles. The number of morpholine rings is 1. The maximum absolute atomic E-state index is 5.94. The van der Waals surface area contributed by atoms with Gasteiger partial charge < -0.3 is 10.1 Å². The van der Waals surface area contributed by atoms with E-state index in [9.17, 15) is 0 Å². The average Bonchev–Trinajstić information content (AvgIpc) is 2.23. The van der Waals surface area contributed by atoms with Gasteiger partial charge in [-0.3, -0.25) is 0 Å². The van der Waals surface area contributed by atoms with Gasteiger partial charge in [0, 0.05) is 12.6 Å². The Morgan fingerprint density at radius 3 is 2.53 bits per heavy atom. The van der Waals surface area contributed by atoms with Crippen LogP contribution in [0.2, 0.25) is 0 Å². The summed E-state index contributed by atoms with van der Waals surface area (Å²) in [5.74, 6) is 0. The van der Waals surface area contributed by atoms with E-state index in [0.29, 0.717) is 18.2 Å². The largest absolute Gasteiger partial charge is 0.372 e. The Bertz CT molecular complexity index is 161. The van der Waals surface area contributed by atoms with Crippen molar-refractivity contribution < 1.29 is 4.74 Å². The van der Waals surface area contributed by atoms with Crippen LogP contribution in [-0.2, 0) is 4.74 Å². The molecule has 2 heteroatoms. The number of hydrogen-bond donors (Lipinski definition) is 1. The molecule has 0 amide bonds. The van der Waals surface area contributed by atoms with Crippen molar-refractivity contribution in [2.75, 3.05) is 6.54 Å². The molecular formula is C13H27NO. The molecule has 15 heavy (non-hydrogen) atoms. The SMILES string of the molecule is CCCCCCCC1CNC(C)C(C)O1. The number of unbranched alkanes of at least 4 members (excludes halogenated alkanes) is 4. The molecule has 1 rings (SSSR count). The molecule has 0 aromatic rings. The van der Waals surface area contributed by atoms with Crippen molar-refractivity contribution >= 4 is 0 Å². The molecular weight excluding hydrogens is 186 g/mol. The highest BCUT2D eigenvalue weighted by atomic mass is 16.5. The summed E-state index contributed by atoms with van der Waals surface area (Å²) in [4.78, 5) is 0. The fourth-order valence-electron chi connectivity index (χ4n) is 2.10. The number of rotatable bonds is 6. The van der Waals surface area contributed by atoms with Crippen molar-refractivity contribution in [3.8, 4) is 0 Å². The third-order valence-electron chi connectivity index (χ3n) is 3.41. The van der Waals surface area contributed by atoms with E-state index in [1.807, 2.05) is 0 Å². The molecule has 1 aliphatic rings. The van der Waals surface area contributed by atoms with E-state index in [0.717, 1.165) is 6.54 Å². The van der Waals surface area contributed by atoms with E-state index in [4.69, 9.17) is 4.74 Å². The molecule has 0 spiro atoms. The lowest BCUT2D eigenvalue weighted by Gasteiger charge is -2.34. The lowest BCUT2D eigenvalue weighted by molar-refractivity contribution is -0.0531. The first-order valence-electron chi connectivity index (χ1n) is 6.63. The van der Waals surface area contributed by atoms with Crippen molar-refractivity contribution in [1.29, 1.82) is 0 Å². The van der Waals surface area contributed by atoms with E-state index < -0.39 is 0 Å². The minimum Gasteiger partial charge on any atom is -0.372 e. The van der Waals surface area contributed by atoms with Crippen LogP contribution in [0.15, 0.2) is 0 Å². The fraction of sp³-hybridized carbons (Fsp3) is 1.00. The van der Waals surface area contributed by atoms with Gasteiger partial charge in [-0.05, 0) is 20.3 Å². The Hall–Kier alpha value is -0.0800. The van der Waals surface area contributed by atoms with Crippen LogP contribution in [0.4, 0.5) is 0 Å². The third kappa shape index (κ3) is 4.98. The number of ether oxygens (including phenoxy) is 1. The summed E-state index contributed by atoms with van der Waals surface area (Å²) in [5.41, 5.74) is 0. The van der Waals surface area contributed by atoms with Crippen molar-refractivity contribution in [3.63, 3.8) is 0 Å². The predicted molar refractivity (Wildman–Crippen MR) is 65.2 cm³/mol. The summed E-state index contributed by atoms with van der Waals surface area (Å²) in [6, 6.07) is 0.515. The lowest BCUT2D eigenvalue weighted by Crippen LogP contribution is -2.49. The molecule has 1 N–H and O–H groups in total. The zero-order valence-electron chi connectivity index (χ0n) is 10.6. The summed E-state index contributed by atoms with van der Waals surface area (Å²) in [5, 5.41) is 3.51. The first-order valence-corrected chi connectivity index (χ1v) is 6.63. The first-order chi connectivity index (χ1) is 7.24. The van der Waals surface area contributed by atoms with Crippen LogP contribution >= 0.6 is 0 Å². The van der Waals surface area contributed by atoms with Crippen LogP contribution in [0.3, 0.4) is 0 Å². The summed E-state index contributed by atoms with van der Waals surface area (Å²) in [6.07, 6.45) is 8.87. The highest BCUT2D eigenvalue weighted by Gasteiger charge is 2.23. The minimum atomic E-state index is 0.374. The van der Waals surface area contributed by atoms with Gasteiger partial charge in [-0.1, -0.05) is 39.0 Å². The molecule has 0 saturated carbocycles.